The summed E-state index contributed by atoms with van der Waals surface area (Å²) in [6.45, 7) is -0.399. The Morgan fingerprint density at radius 3 is 2.37 bits per heavy atom. The molecule has 9 heteroatoms. The predicted octanol–water partition coefficient (Wildman–Crippen LogP) is 4.74. The van der Waals surface area contributed by atoms with Crippen molar-refractivity contribution in [2.75, 3.05) is 19.6 Å². The van der Waals surface area contributed by atoms with E-state index < -0.39 is 36.4 Å². The normalized spacial score (nSPS) is 14.0. The Hall–Kier alpha value is -3.62. The molecule has 0 saturated heterocycles. The van der Waals surface area contributed by atoms with Crippen molar-refractivity contribution < 1.29 is 27.2 Å². The lowest BCUT2D eigenvalue weighted by Crippen LogP contribution is -2.47. The minimum absolute atomic E-state index is 0.0697. The Morgan fingerprint density at radius 2 is 1.74 bits per heavy atom. The third kappa shape index (κ3) is 8.27. The zero-order valence-corrected chi connectivity index (χ0v) is 19.0. The van der Waals surface area contributed by atoms with Crippen molar-refractivity contribution in [1.29, 1.82) is 0 Å². The molecule has 1 aliphatic heterocycles. The van der Waals surface area contributed by atoms with Gasteiger partial charge in [-0.25, -0.2) is 4.39 Å². The summed E-state index contributed by atoms with van der Waals surface area (Å²) in [6, 6.07) is 11.9. The van der Waals surface area contributed by atoms with Crippen LogP contribution < -0.4 is 5.32 Å². The summed E-state index contributed by atoms with van der Waals surface area (Å²) < 4.78 is 54.1. The van der Waals surface area contributed by atoms with Crippen LogP contribution in [0.1, 0.15) is 30.0 Å². The van der Waals surface area contributed by atoms with Gasteiger partial charge in [0, 0.05) is 26.1 Å². The number of carbonyl (C=O) groups is 2. The summed E-state index contributed by atoms with van der Waals surface area (Å²) in [4.78, 5) is 28.7. The zero-order chi connectivity index (χ0) is 25.3. The van der Waals surface area contributed by atoms with Crippen LogP contribution in [0.15, 0.2) is 79.0 Å². The maximum atomic E-state index is 13.5. The molecule has 0 saturated carbocycles. The summed E-state index contributed by atoms with van der Waals surface area (Å²) in [5.41, 5.74) is 0.842. The number of alkyl halides is 3. The van der Waals surface area contributed by atoms with E-state index in [-0.39, 0.29) is 18.5 Å². The standard InChI is InChI=1S/C26H27F4N3O2/c27-22-13-11-21(12-14-22)24(25(35)31-18-20-8-3-1-4-9-20)33(19-26(28,29)30)23(34)10-7-17-32-15-5-2-6-16-32/h1-6,8-9,11-15,24H,7,10,16-19H2,(H,31,35). The van der Waals surface area contributed by atoms with Gasteiger partial charge >= 0.3 is 6.18 Å². The minimum Gasteiger partial charge on any atom is -0.374 e. The van der Waals surface area contributed by atoms with Crippen LogP contribution in [0.5, 0.6) is 0 Å². The van der Waals surface area contributed by atoms with Crippen molar-refractivity contribution >= 4 is 11.8 Å². The molecule has 1 aliphatic rings. The Morgan fingerprint density at radius 1 is 1.03 bits per heavy atom. The molecular formula is C26H27F4N3O2. The lowest BCUT2D eigenvalue weighted by atomic mass is 10.0. The molecule has 1 N–H and O–H groups in total. The van der Waals surface area contributed by atoms with Gasteiger partial charge in [0.15, 0.2) is 0 Å². The number of hydrogen-bond acceptors (Lipinski definition) is 3. The molecule has 3 rings (SSSR count). The second-order valence-electron chi connectivity index (χ2n) is 8.16. The van der Waals surface area contributed by atoms with E-state index in [2.05, 4.69) is 5.32 Å². The van der Waals surface area contributed by atoms with E-state index in [1.54, 1.807) is 30.3 Å². The third-order valence-corrected chi connectivity index (χ3v) is 5.45. The first-order chi connectivity index (χ1) is 16.7. The van der Waals surface area contributed by atoms with Gasteiger partial charge in [-0.3, -0.25) is 9.59 Å². The summed E-state index contributed by atoms with van der Waals surface area (Å²) >= 11 is 0. The number of halogens is 4. The van der Waals surface area contributed by atoms with E-state index in [1.165, 1.54) is 12.1 Å². The van der Waals surface area contributed by atoms with Crippen LogP contribution in [0.2, 0.25) is 0 Å². The minimum atomic E-state index is -4.73. The number of carbonyl (C=O) groups excluding carboxylic acids is 2. The first-order valence-corrected chi connectivity index (χ1v) is 11.2. The number of amides is 2. The fourth-order valence-corrected chi connectivity index (χ4v) is 3.77. The smallest absolute Gasteiger partial charge is 0.374 e. The molecule has 186 valence electrons. The van der Waals surface area contributed by atoms with Crippen molar-refractivity contribution in [3.05, 3.63) is 96.0 Å². The molecule has 2 aromatic carbocycles. The Bertz CT molecular complexity index is 1040. The highest BCUT2D eigenvalue weighted by atomic mass is 19.4. The highest BCUT2D eigenvalue weighted by molar-refractivity contribution is 5.88. The van der Waals surface area contributed by atoms with Gasteiger partial charge in [0.05, 0.1) is 0 Å². The van der Waals surface area contributed by atoms with Crippen molar-refractivity contribution in [3.63, 3.8) is 0 Å². The second-order valence-corrected chi connectivity index (χ2v) is 8.16. The molecule has 0 spiro atoms. The monoisotopic (exact) mass is 489 g/mol. The molecule has 1 atom stereocenters. The summed E-state index contributed by atoms with van der Waals surface area (Å²) in [7, 11) is 0. The maximum Gasteiger partial charge on any atom is 0.406 e. The average molecular weight is 490 g/mol. The van der Waals surface area contributed by atoms with E-state index in [0.717, 1.165) is 17.7 Å². The van der Waals surface area contributed by atoms with Crippen LogP contribution in [-0.4, -0.2) is 47.4 Å². The Labute approximate surface area is 201 Å². The summed E-state index contributed by atoms with van der Waals surface area (Å²) in [5, 5.41) is 2.62. The molecule has 1 heterocycles. The van der Waals surface area contributed by atoms with Gasteiger partial charge in [0.2, 0.25) is 11.8 Å². The quantitative estimate of drug-likeness (QED) is 0.491. The number of hydrogen-bond donors (Lipinski definition) is 1. The van der Waals surface area contributed by atoms with Gasteiger partial charge in [-0.15, -0.1) is 0 Å². The van der Waals surface area contributed by atoms with Crippen LogP contribution in [0.3, 0.4) is 0 Å². The van der Waals surface area contributed by atoms with Crippen LogP contribution in [0.4, 0.5) is 17.6 Å². The van der Waals surface area contributed by atoms with Gasteiger partial charge in [0.1, 0.15) is 18.4 Å². The Balaban J connectivity index is 1.80. The number of allylic oxidation sites excluding steroid dienone is 2. The number of benzene rings is 2. The fraction of sp³-hybridized carbons (Fsp3) is 0.308. The van der Waals surface area contributed by atoms with Gasteiger partial charge < -0.3 is 15.1 Å². The third-order valence-electron chi connectivity index (χ3n) is 5.45. The van der Waals surface area contributed by atoms with Crippen molar-refractivity contribution in [2.45, 2.75) is 31.6 Å². The molecule has 2 amide bonds. The van der Waals surface area contributed by atoms with Crippen LogP contribution in [-0.2, 0) is 16.1 Å². The molecule has 0 aromatic heterocycles. The number of nitrogens with one attached hydrogen (secondary N) is 1. The largest absolute Gasteiger partial charge is 0.406 e. The molecule has 0 bridgehead atoms. The van der Waals surface area contributed by atoms with E-state index in [9.17, 15) is 27.2 Å². The second kappa shape index (κ2) is 12.2. The number of rotatable bonds is 10. The topological polar surface area (TPSA) is 52.7 Å². The lowest BCUT2D eigenvalue weighted by Gasteiger charge is -2.32. The van der Waals surface area contributed by atoms with E-state index in [1.807, 2.05) is 29.3 Å². The van der Waals surface area contributed by atoms with Gasteiger partial charge in [-0.2, -0.15) is 13.2 Å². The van der Waals surface area contributed by atoms with Crippen molar-refractivity contribution in [1.82, 2.24) is 15.1 Å². The van der Waals surface area contributed by atoms with E-state index in [0.29, 0.717) is 24.4 Å². The highest BCUT2D eigenvalue weighted by Gasteiger charge is 2.39. The van der Waals surface area contributed by atoms with Crippen LogP contribution in [0, 0.1) is 5.82 Å². The van der Waals surface area contributed by atoms with Gasteiger partial charge in [-0.05, 0) is 42.0 Å². The zero-order valence-electron chi connectivity index (χ0n) is 19.0. The van der Waals surface area contributed by atoms with Gasteiger partial charge in [-0.1, -0.05) is 54.6 Å². The molecule has 35 heavy (non-hydrogen) atoms. The van der Waals surface area contributed by atoms with Crippen molar-refractivity contribution in [3.8, 4) is 0 Å². The molecule has 1 unspecified atom stereocenters. The highest BCUT2D eigenvalue weighted by Crippen LogP contribution is 2.28. The molecular weight excluding hydrogens is 462 g/mol. The van der Waals surface area contributed by atoms with E-state index >= 15 is 0 Å². The Kier molecular flexibility index (Phi) is 9.05. The first-order valence-electron chi connectivity index (χ1n) is 11.2. The van der Waals surface area contributed by atoms with Crippen LogP contribution >= 0.6 is 0 Å². The van der Waals surface area contributed by atoms with Crippen molar-refractivity contribution in [2.24, 2.45) is 0 Å². The lowest BCUT2D eigenvalue weighted by molar-refractivity contribution is -0.169. The molecule has 0 fully saturated rings. The average Bonchev–Trinajstić information content (AvgIpc) is 2.84. The fourth-order valence-electron chi connectivity index (χ4n) is 3.77. The van der Waals surface area contributed by atoms with E-state index in [4.69, 9.17) is 0 Å². The maximum absolute atomic E-state index is 13.5. The summed E-state index contributed by atoms with van der Waals surface area (Å²) in [5.74, 6) is -2.18. The first kappa shape index (κ1) is 26.0. The summed E-state index contributed by atoms with van der Waals surface area (Å²) in [6.07, 6.45) is 2.90. The molecule has 2 aromatic rings. The van der Waals surface area contributed by atoms with Gasteiger partial charge in [0.25, 0.3) is 0 Å². The molecule has 0 radical (unpaired) electrons. The molecule has 5 nitrogen and oxygen atoms in total. The number of nitrogens with zero attached hydrogens (tertiary/aromatic N) is 2. The van der Waals surface area contributed by atoms with Crippen LogP contribution in [0.25, 0.3) is 0 Å². The predicted molar refractivity (Wildman–Crippen MR) is 124 cm³/mol. The SMILES string of the molecule is O=C(NCc1ccccc1)C(c1ccc(F)cc1)N(CC(F)(F)F)C(=O)CCCN1C=CC=CC1. The molecule has 0 aliphatic carbocycles.